The largest absolute Gasteiger partial charge is 0.472 e. The first-order valence-corrected chi connectivity index (χ1v) is 19.9. The molecule has 2 atom stereocenters. The number of rotatable bonds is 19. The highest BCUT2D eigenvalue weighted by molar-refractivity contribution is 7.47. The van der Waals surface area contributed by atoms with E-state index in [4.69, 9.17) is 18.5 Å². The maximum absolute atomic E-state index is 13.4. The van der Waals surface area contributed by atoms with Gasteiger partial charge in [-0.2, -0.15) is 0 Å². The number of benzene rings is 6. The number of nitrogens with one attached hydrogen (secondary N) is 1. The van der Waals surface area contributed by atoms with E-state index in [-0.39, 0.29) is 26.2 Å². The van der Waals surface area contributed by atoms with Crippen LogP contribution in [-0.2, 0) is 39.0 Å². The maximum Gasteiger partial charge on any atom is 0.472 e. The third-order valence-corrected chi connectivity index (χ3v) is 10.4. The second kappa shape index (κ2) is 18.9. The van der Waals surface area contributed by atoms with Crippen molar-refractivity contribution in [3.63, 3.8) is 0 Å². The Kier molecular flexibility index (Phi) is 13.6. The van der Waals surface area contributed by atoms with Crippen molar-refractivity contribution in [2.45, 2.75) is 30.6 Å². The van der Waals surface area contributed by atoms with Crippen molar-refractivity contribution in [2.24, 2.45) is 0 Å². The molecular weight excluding hydrogens is 709 g/mol. The number of phosphoric ester groups is 1. The molecule has 8 nitrogen and oxygen atoms in total. The van der Waals surface area contributed by atoms with Gasteiger partial charge in [0.25, 0.3) is 0 Å². The molecule has 0 aliphatic heterocycles. The van der Waals surface area contributed by atoms with Gasteiger partial charge in [0.05, 0.1) is 25.4 Å². The van der Waals surface area contributed by atoms with E-state index in [1.807, 2.05) is 146 Å². The molecular formula is C46H46NO7P. The topological polar surface area (TPSA) is 103 Å². The van der Waals surface area contributed by atoms with E-state index in [2.05, 4.69) is 41.7 Å². The molecule has 1 unspecified atom stereocenters. The fourth-order valence-corrected chi connectivity index (χ4v) is 7.61. The van der Waals surface area contributed by atoms with E-state index < -0.39 is 37.6 Å². The molecule has 0 bridgehead atoms. The Bertz CT molecular complexity index is 1890. The van der Waals surface area contributed by atoms with Gasteiger partial charge >= 0.3 is 13.8 Å². The highest BCUT2D eigenvalue weighted by Crippen LogP contribution is 2.44. The van der Waals surface area contributed by atoms with Crippen LogP contribution in [0.1, 0.15) is 46.7 Å². The van der Waals surface area contributed by atoms with Crippen LogP contribution >= 0.6 is 7.82 Å². The Morgan fingerprint density at radius 2 is 0.945 bits per heavy atom. The number of hydrogen-bond acceptors (Lipinski definition) is 7. The average molecular weight is 756 g/mol. The molecule has 0 aliphatic carbocycles. The Morgan fingerprint density at radius 3 is 1.31 bits per heavy atom. The summed E-state index contributed by atoms with van der Waals surface area (Å²) in [5, 5.41) is 3.63. The fraction of sp³-hybridized carbons (Fsp3) is 0.196. The van der Waals surface area contributed by atoms with Crippen LogP contribution in [0.15, 0.2) is 182 Å². The van der Waals surface area contributed by atoms with E-state index in [1.54, 1.807) is 6.92 Å². The molecule has 9 heteroatoms. The lowest BCUT2D eigenvalue weighted by atomic mass is 9.77. The van der Waals surface area contributed by atoms with E-state index >= 15 is 0 Å². The van der Waals surface area contributed by atoms with Gasteiger partial charge in [-0.15, -0.1) is 0 Å². The van der Waals surface area contributed by atoms with Crippen LogP contribution in [0.2, 0.25) is 0 Å². The van der Waals surface area contributed by atoms with Crippen LogP contribution < -0.4 is 5.32 Å². The summed E-state index contributed by atoms with van der Waals surface area (Å²) in [7, 11) is -4.62. The third-order valence-electron chi connectivity index (χ3n) is 9.40. The molecule has 282 valence electrons. The Labute approximate surface area is 323 Å². The second-order valence-corrected chi connectivity index (χ2v) is 14.4. The molecule has 0 radical (unpaired) electrons. The molecule has 0 aromatic heterocycles. The van der Waals surface area contributed by atoms with Crippen molar-refractivity contribution in [3.8, 4) is 0 Å². The predicted octanol–water partition coefficient (Wildman–Crippen LogP) is 9.03. The molecule has 0 fully saturated rings. The summed E-state index contributed by atoms with van der Waals surface area (Å²) in [5.41, 5.74) is 3.67. The van der Waals surface area contributed by atoms with Crippen molar-refractivity contribution in [1.29, 1.82) is 0 Å². The standard InChI is InChI=1S/C46H46NO7P/c1-2-44(48)54-43(35-51-46(40-27-15-6-16-28-40,41-29-17-7-18-30-41)42-31-19-8-20-32-42)36-53-55(49,50)52-34-33-47-45(37-21-9-3-10-22-37,38-23-11-4-12-24-38)39-25-13-5-14-26-39/h3-32,43,47H,2,33-36H2,1H3,(H,49,50)/t43-/m1/s1. The van der Waals surface area contributed by atoms with Gasteiger partial charge in [0.1, 0.15) is 11.7 Å². The van der Waals surface area contributed by atoms with Crippen LogP contribution in [0.3, 0.4) is 0 Å². The zero-order chi connectivity index (χ0) is 38.4. The Balaban J connectivity index is 1.19. The van der Waals surface area contributed by atoms with E-state index in [0.717, 1.165) is 33.4 Å². The van der Waals surface area contributed by atoms with E-state index in [9.17, 15) is 14.3 Å². The molecule has 0 saturated heterocycles. The first kappa shape index (κ1) is 39.5. The molecule has 6 aromatic rings. The molecule has 6 aromatic carbocycles. The number of carbonyl (C=O) groups is 1. The lowest BCUT2D eigenvalue weighted by molar-refractivity contribution is -0.157. The zero-order valence-corrected chi connectivity index (χ0v) is 31.7. The van der Waals surface area contributed by atoms with Gasteiger partial charge in [0.2, 0.25) is 0 Å². The number of hydrogen-bond donors (Lipinski definition) is 2. The lowest BCUT2D eigenvalue weighted by Gasteiger charge is -2.37. The van der Waals surface area contributed by atoms with Gasteiger partial charge < -0.3 is 14.4 Å². The highest BCUT2D eigenvalue weighted by atomic mass is 31.2. The molecule has 55 heavy (non-hydrogen) atoms. The van der Waals surface area contributed by atoms with Crippen LogP contribution in [0.4, 0.5) is 0 Å². The number of ether oxygens (including phenoxy) is 2. The summed E-state index contributed by atoms with van der Waals surface area (Å²) >= 11 is 0. The Morgan fingerprint density at radius 1 is 0.582 bits per heavy atom. The molecule has 0 amide bonds. The van der Waals surface area contributed by atoms with Gasteiger partial charge in [0.15, 0.2) is 0 Å². The minimum atomic E-state index is -4.62. The van der Waals surface area contributed by atoms with Gasteiger partial charge in [-0.1, -0.05) is 189 Å². The summed E-state index contributed by atoms with van der Waals surface area (Å²) < 4.78 is 37.0. The smallest absolute Gasteiger partial charge is 0.457 e. The van der Waals surface area contributed by atoms with Crippen molar-refractivity contribution in [2.75, 3.05) is 26.4 Å². The first-order chi connectivity index (χ1) is 26.9. The molecule has 0 heterocycles. The summed E-state index contributed by atoms with van der Waals surface area (Å²) in [5.74, 6) is -0.501. The first-order valence-electron chi connectivity index (χ1n) is 18.4. The fourth-order valence-electron chi connectivity index (χ4n) is 6.86. The summed E-state index contributed by atoms with van der Waals surface area (Å²) in [4.78, 5) is 23.5. The molecule has 2 N–H and O–H groups in total. The second-order valence-electron chi connectivity index (χ2n) is 12.9. The number of esters is 1. The lowest BCUT2D eigenvalue weighted by Crippen LogP contribution is -2.46. The van der Waals surface area contributed by atoms with Crippen molar-refractivity contribution < 1.29 is 32.8 Å². The molecule has 6 rings (SSSR count). The normalized spacial score (nSPS) is 13.4. The highest BCUT2D eigenvalue weighted by Gasteiger charge is 2.39. The minimum Gasteiger partial charge on any atom is -0.457 e. The third kappa shape index (κ3) is 9.56. The van der Waals surface area contributed by atoms with Crippen LogP contribution in [0.5, 0.6) is 0 Å². The molecule has 0 saturated carbocycles. The molecule has 0 spiro atoms. The monoisotopic (exact) mass is 755 g/mol. The zero-order valence-electron chi connectivity index (χ0n) is 30.8. The van der Waals surface area contributed by atoms with Crippen LogP contribution in [0.25, 0.3) is 0 Å². The summed E-state index contributed by atoms with van der Waals surface area (Å²) in [6, 6.07) is 59.4. The Hall–Kier alpha value is -5.18. The van der Waals surface area contributed by atoms with Crippen molar-refractivity contribution in [1.82, 2.24) is 5.32 Å². The predicted molar refractivity (Wildman–Crippen MR) is 214 cm³/mol. The van der Waals surface area contributed by atoms with E-state index in [1.165, 1.54) is 0 Å². The number of phosphoric acid groups is 1. The van der Waals surface area contributed by atoms with Crippen LogP contribution in [-0.4, -0.2) is 43.3 Å². The summed E-state index contributed by atoms with van der Waals surface area (Å²) in [6.07, 6.45) is -0.935. The van der Waals surface area contributed by atoms with Crippen LogP contribution in [0, 0.1) is 0 Å². The summed E-state index contributed by atoms with van der Waals surface area (Å²) in [6.45, 7) is 1.12. The number of carbonyl (C=O) groups excluding carboxylic acids is 1. The van der Waals surface area contributed by atoms with Gasteiger partial charge in [0, 0.05) is 13.0 Å². The maximum atomic E-state index is 13.4. The average Bonchev–Trinajstić information content (AvgIpc) is 3.25. The quantitative estimate of drug-likeness (QED) is 0.0366. The SMILES string of the molecule is CCC(=O)O[C@H](COC(c1ccccc1)(c1ccccc1)c1ccccc1)COP(=O)(O)OCCNC(c1ccccc1)(c1ccccc1)c1ccccc1. The molecule has 0 aliphatic rings. The van der Waals surface area contributed by atoms with Gasteiger partial charge in [-0.05, 0) is 33.4 Å². The van der Waals surface area contributed by atoms with Gasteiger partial charge in [-0.3, -0.25) is 19.2 Å². The van der Waals surface area contributed by atoms with E-state index in [0.29, 0.717) is 0 Å². The van der Waals surface area contributed by atoms with Gasteiger partial charge in [-0.25, -0.2) is 4.57 Å². The minimum absolute atomic E-state index is 0.0998. The van der Waals surface area contributed by atoms with Crippen molar-refractivity contribution in [3.05, 3.63) is 215 Å². The van der Waals surface area contributed by atoms with Crippen molar-refractivity contribution >= 4 is 13.8 Å².